The van der Waals surface area contributed by atoms with Crippen molar-refractivity contribution in [2.24, 2.45) is 0 Å². The lowest BCUT2D eigenvalue weighted by atomic mass is 9.67. The van der Waals surface area contributed by atoms with E-state index in [1.807, 2.05) is 24.3 Å². The van der Waals surface area contributed by atoms with E-state index in [0.29, 0.717) is 11.1 Å². The molecule has 11 rings (SSSR count). The van der Waals surface area contributed by atoms with Gasteiger partial charge in [-0.25, -0.2) is 8.78 Å². The van der Waals surface area contributed by atoms with Gasteiger partial charge in [-0.3, -0.25) is 0 Å². The van der Waals surface area contributed by atoms with Crippen LogP contribution in [0.15, 0.2) is 170 Å². The largest absolute Gasteiger partial charge is 0.497 e. The summed E-state index contributed by atoms with van der Waals surface area (Å²) in [5, 5.41) is 1.57. The summed E-state index contributed by atoms with van der Waals surface area (Å²) in [6.45, 7) is 4.36. The molecule has 60 heavy (non-hydrogen) atoms. The van der Waals surface area contributed by atoms with Gasteiger partial charge in [0, 0.05) is 27.5 Å². The molecule has 0 aromatic heterocycles. The number of rotatable bonds is 7. The monoisotopic (exact) mass is 784 g/mol. The highest BCUT2D eigenvalue weighted by Gasteiger charge is 2.50. The first-order valence-electron chi connectivity index (χ1n) is 20.9. The molecule has 3 aliphatic rings. The fourth-order valence-electron chi connectivity index (χ4n) is 11.1. The van der Waals surface area contributed by atoms with Crippen molar-refractivity contribution in [2.75, 3.05) is 7.11 Å². The lowest BCUT2D eigenvalue weighted by Gasteiger charge is -2.40. The molecule has 0 radical (unpaired) electrons. The van der Waals surface area contributed by atoms with E-state index in [9.17, 15) is 0 Å². The topological polar surface area (TPSA) is 18.5 Å². The van der Waals surface area contributed by atoms with Gasteiger partial charge in [-0.2, -0.15) is 0 Å². The molecule has 292 valence electrons. The summed E-state index contributed by atoms with van der Waals surface area (Å²) in [4.78, 5) is 0. The minimum Gasteiger partial charge on any atom is -0.497 e. The van der Waals surface area contributed by atoms with Crippen LogP contribution in [-0.4, -0.2) is 7.11 Å². The quantitative estimate of drug-likeness (QED) is 0.160. The van der Waals surface area contributed by atoms with Crippen molar-refractivity contribution in [3.05, 3.63) is 232 Å². The van der Waals surface area contributed by atoms with Crippen LogP contribution < -0.4 is 9.47 Å². The number of benzene rings is 8. The van der Waals surface area contributed by atoms with Gasteiger partial charge in [-0.05, 0) is 122 Å². The van der Waals surface area contributed by atoms with Crippen molar-refractivity contribution in [1.82, 2.24) is 0 Å². The third-order valence-corrected chi connectivity index (χ3v) is 13.9. The number of methoxy groups -OCH3 is 1. The van der Waals surface area contributed by atoms with E-state index in [1.54, 1.807) is 19.2 Å². The van der Waals surface area contributed by atoms with Gasteiger partial charge in [0.1, 0.15) is 23.1 Å². The Morgan fingerprint density at radius 3 is 1.85 bits per heavy atom. The van der Waals surface area contributed by atoms with E-state index in [4.69, 9.17) is 9.47 Å². The van der Waals surface area contributed by atoms with Gasteiger partial charge in [0.05, 0.1) is 12.5 Å². The molecule has 8 aromatic carbocycles. The second kappa shape index (κ2) is 13.4. The normalized spacial score (nSPS) is 17.3. The molecule has 0 bridgehead atoms. The van der Waals surface area contributed by atoms with Gasteiger partial charge in [-0.1, -0.05) is 141 Å². The maximum Gasteiger partial charge on any atom is 0.178 e. The van der Waals surface area contributed by atoms with Gasteiger partial charge in [-0.15, -0.1) is 0 Å². The van der Waals surface area contributed by atoms with Gasteiger partial charge in [0.2, 0.25) is 0 Å². The Balaban J connectivity index is 1.22. The highest BCUT2D eigenvalue weighted by molar-refractivity contribution is 6.08. The fourth-order valence-corrected chi connectivity index (χ4v) is 11.1. The summed E-state index contributed by atoms with van der Waals surface area (Å²) < 4.78 is 44.2. The maximum absolute atomic E-state index is 15.7. The molecule has 1 atom stereocenters. The van der Waals surface area contributed by atoms with Crippen LogP contribution in [0.2, 0.25) is 0 Å². The van der Waals surface area contributed by atoms with Crippen molar-refractivity contribution in [3.63, 3.8) is 0 Å². The first kappa shape index (κ1) is 36.3. The van der Waals surface area contributed by atoms with Crippen molar-refractivity contribution < 1.29 is 18.3 Å². The summed E-state index contributed by atoms with van der Waals surface area (Å²) in [5.41, 5.74) is 11.7. The maximum atomic E-state index is 15.7. The van der Waals surface area contributed by atoms with E-state index in [2.05, 4.69) is 141 Å². The molecule has 1 aliphatic heterocycles. The summed E-state index contributed by atoms with van der Waals surface area (Å²) >= 11 is 0. The Bertz CT molecular complexity index is 3000. The van der Waals surface area contributed by atoms with E-state index in [1.165, 1.54) is 34.4 Å². The molecule has 0 saturated carbocycles. The Labute approximate surface area is 349 Å². The van der Waals surface area contributed by atoms with Crippen LogP contribution in [0.1, 0.15) is 76.8 Å². The van der Waals surface area contributed by atoms with Crippen LogP contribution in [-0.2, 0) is 16.4 Å². The molecular formula is C56H42F2O2. The highest BCUT2D eigenvalue weighted by atomic mass is 19.1. The first-order chi connectivity index (χ1) is 29.4. The lowest BCUT2D eigenvalue weighted by Crippen LogP contribution is -2.36. The van der Waals surface area contributed by atoms with E-state index in [0.717, 1.165) is 74.0 Å². The SMILES string of the molecule is CCC1(CC)c2cc(F)ccc2-c2c1c1c(c3cc(F)ccc23)OC(c2ccc(OC)cc2)(c2ccc3c(c2)C(c2ccccc2)(c2ccccc2)c2ccccc2-3)C=C1. The van der Waals surface area contributed by atoms with Gasteiger partial charge in [0.25, 0.3) is 0 Å². The number of hydrogen-bond donors (Lipinski definition) is 0. The average Bonchev–Trinajstić information content (AvgIpc) is 3.77. The van der Waals surface area contributed by atoms with Crippen molar-refractivity contribution in [2.45, 2.75) is 43.1 Å². The zero-order chi connectivity index (χ0) is 40.8. The predicted octanol–water partition coefficient (Wildman–Crippen LogP) is 13.9. The lowest BCUT2D eigenvalue weighted by molar-refractivity contribution is 0.163. The van der Waals surface area contributed by atoms with Gasteiger partial charge >= 0.3 is 0 Å². The number of halogens is 2. The van der Waals surface area contributed by atoms with Crippen LogP contribution in [0.5, 0.6) is 11.5 Å². The van der Waals surface area contributed by atoms with Crippen molar-refractivity contribution in [3.8, 4) is 33.8 Å². The van der Waals surface area contributed by atoms with Crippen LogP contribution in [0.4, 0.5) is 8.78 Å². The first-order valence-corrected chi connectivity index (χ1v) is 20.9. The highest BCUT2D eigenvalue weighted by Crippen LogP contribution is 2.62. The van der Waals surface area contributed by atoms with E-state index >= 15 is 8.78 Å². The standard InChI is InChI=1S/C56H42F2O2/c1-4-54(5-2)49-34-40(58)24-29-45(49)51-44-28-23-39(57)33-47(44)53-46(52(51)54)30-31-55(60-53,35-20-25-41(59-3)26-21-35)38-22-27-43-42-18-12-13-19-48(42)56(50(43)32-38,36-14-8-6-9-15-36)37-16-10-7-11-17-37/h6-34H,4-5H2,1-3H3. The molecule has 0 saturated heterocycles. The summed E-state index contributed by atoms with van der Waals surface area (Å²) in [6.07, 6.45) is 5.89. The third-order valence-electron chi connectivity index (χ3n) is 13.9. The van der Waals surface area contributed by atoms with Crippen LogP contribution in [0, 0.1) is 11.6 Å². The predicted molar refractivity (Wildman–Crippen MR) is 238 cm³/mol. The molecule has 0 spiro atoms. The second-order valence-electron chi connectivity index (χ2n) is 16.3. The Morgan fingerprint density at radius 1 is 0.533 bits per heavy atom. The minimum atomic E-state index is -1.14. The number of ether oxygens (including phenoxy) is 2. The second-order valence-corrected chi connectivity index (χ2v) is 16.3. The van der Waals surface area contributed by atoms with Gasteiger partial charge in [0.15, 0.2) is 5.60 Å². The molecule has 0 fully saturated rings. The summed E-state index contributed by atoms with van der Waals surface area (Å²) in [6, 6.07) is 55.3. The Morgan fingerprint density at radius 2 is 1.15 bits per heavy atom. The Kier molecular flexibility index (Phi) is 8.09. The van der Waals surface area contributed by atoms with Crippen LogP contribution in [0.25, 0.3) is 39.1 Å². The smallest absolute Gasteiger partial charge is 0.178 e. The van der Waals surface area contributed by atoms with E-state index < -0.39 is 16.4 Å². The zero-order valence-corrected chi connectivity index (χ0v) is 33.7. The van der Waals surface area contributed by atoms with Crippen molar-refractivity contribution >= 4 is 16.8 Å². The van der Waals surface area contributed by atoms with Crippen LogP contribution in [0.3, 0.4) is 0 Å². The molecule has 8 aromatic rings. The Hall–Kier alpha value is -6.78. The number of hydrogen-bond acceptors (Lipinski definition) is 2. The fraction of sp³-hybridized carbons (Fsp3) is 0.143. The summed E-state index contributed by atoms with van der Waals surface area (Å²) in [5.74, 6) is 0.736. The van der Waals surface area contributed by atoms with Crippen LogP contribution >= 0.6 is 0 Å². The molecule has 2 nitrogen and oxygen atoms in total. The van der Waals surface area contributed by atoms with E-state index in [-0.39, 0.29) is 11.6 Å². The molecule has 0 N–H and O–H groups in total. The molecule has 1 heterocycles. The number of fused-ring (bicyclic) bond motifs is 11. The van der Waals surface area contributed by atoms with Crippen molar-refractivity contribution in [1.29, 1.82) is 0 Å². The van der Waals surface area contributed by atoms with Gasteiger partial charge < -0.3 is 9.47 Å². The molecule has 2 aliphatic carbocycles. The average molecular weight is 785 g/mol. The summed E-state index contributed by atoms with van der Waals surface area (Å²) in [7, 11) is 1.67. The third kappa shape index (κ3) is 4.79. The zero-order valence-electron chi connectivity index (χ0n) is 33.7. The molecule has 4 heteroatoms. The minimum absolute atomic E-state index is 0.261. The molecule has 1 unspecified atom stereocenters. The molecular weight excluding hydrogens is 743 g/mol. The molecule has 0 amide bonds.